The Labute approximate surface area is 150 Å². The summed E-state index contributed by atoms with van der Waals surface area (Å²) in [5, 5.41) is 11.5. The van der Waals surface area contributed by atoms with E-state index in [9.17, 15) is 14.9 Å². The first-order chi connectivity index (χ1) is 12.0. The first-order valence-electron chi connectivity index (χ1n) is 8.00. The molecule has 25 heavy (non-hydrogen) atoms. The third kappa shape index (κ3) is 3.74. The van der Waals surface area contributed by atoms with Crippen LogP contribution in [0.5, 0.6) is 0 Å². The van der Waals surface area contributed by atoms with Crippen LogP contribution >= 0.6 is 11.6 Å². The van der Waals surface area contributed by atoms with Gasteiger partial charge in [0.05, 0.1) is 4.92 Å². The van der Waals surface area contributed by atoms with Crippen LogP contribution in [0.25, 0.3) is 0 Å². The van der Waals surface area contributed by atoms with E-state index in [1.165, 1.54) is 23.8 Å². The summed E-state index contributed by atoms with van der Waals surface area (Å²) in [4.78, 5) is 27.2. The molecule has 0 saturated carbocycles. The summed E-state index contributed by atoms with van der Waals surface area (Å²) in [6.07, 6.45) is 0. The highest BCUT2D eigenvalue weighted by Crippen LogP contribution is 2.25. The van der Waals surface area contributed by atoms with Gasteiger partial charge in [0.1, 0.15) is 5.56 Å². The molecule has 1 saturated heterocycles. The lowest BCUT2D eigenvalue weighted by Gasteiger charge is -2.36. The maximum Gasteiger partial charge on any atom is 0.282 e. The quantitative estimate of drug-likeness (QED) is 0.621. The number of nitrogens with zero attached hydrogens (tertiary/aromatic N) is 3. The Morgan fingerprint density at radius 1 is 1.12 bits per heavy atom. The Hall–Kier alpha value is -2.60. The van der Waals surface area contributed by atoms with E-state index in [0.717, 1.165) is 5.69 Å². The molecule has 0 atom stereocenters. The van der Waals surface area contributed by atoms with Gasteiger partial charge in [-0.15, -0.1) is 0 Å². The van der Waals surface area contributed by atoms with Crippen molar-refractivity contribution in [3.05, 3.63) is 68.7 Å². The number of anilines is 1. The minimum Gasteiger partial charge on any atom is -0.368 e. The van der Waals surface area contributed by atoms with E-state index in [-0.39, 0.29) is 17.2 Å². The summed E-state index contributed by atoms with van der Waals surface area (Å²) in [5.41, 5.74) is 2.14. The average Bonchev–Trinajstić information content (AvgIpc) is 2.61. The molecule has 6 nitrogen and oxygen atoms in total. The molecule has 1 fully saturated rings. The highest BCUT2D eigenvalue weighted by Gasteiger charge is 2.27. The van der Waals surface area contributed by atoms with Gasteiger partial charge in [0, 0.05) is 43.0 Å². The van der Waals surface area contributed by atoms with Crippen LogP contribution in [0.4, 0.5) is 11.4 Å². The van der Waals surface area contributed by atoms with Gasteiger partial charge in [0.15, 0.2) is 0 Å². The maximum absolute atomic E-state index is 12.7. The molecule has 130 valence electrons. The molecule has 3 rings (SSSR count). The Balaban J connectivity index is 1.74. The molecule has 0 radical (unpaired) electrons. The Morgan fingerprint density at radius 3 is 2.48 bits per heavy atom. The van der Waals surface area contributed by atoms with Crippen LogP contribution in [0.3, 0.4) is 0 Å². The fraction of sp³-hybridized carbons (Fsp3) is 0.278. The van der Waals surface area contributed by atoms with Gasteiger partial charge in [-0.3, -0.25) is 14.9 Å². The third-order valence-electron chi connectivity index (χ3n) is 4.32. The number of benzene rings is 2. The number of amides is 1. The van der Waals surface area contributed by atoms with E-state index in [4.69, 9.17) is 11.6 Å². The fourth-order valence-corrected chi connectivity index (χ4v) is 3.17. The molecule has 0 unspecified atom stereocenters. The van der Waals surface area contributed by atoms with E-state index < -0.39 is 4.92 Å². The SMILES string of the molecule is Cc1cccc(N2CCN(C(=O)c3cc(Cl)ccc3[N+](=O)[O-])CC2)c1. The number of hydrogen-bond acceptors (Lipinski definition) is 4. The second kappa shape index (κ2) is 7.11. The smallest absolute Gasteiger partial charge is 0.282 e. The van der Waals surface area contributed by atoms with Gasteiger partial charge >= 0.3 is 0 Å². The Bertz CT molecular complexity index is 817. The predicted octanol–water partition coefficient (Wildman–Crippen LogP) is 3.52. The van der Waals surface area contributed by atoms with E-state index in [1.807, 2.05) is 25.1 Å². The van der Waals surface area contributed by atoms with Crippen molar-refractivity contribution in [3.8, 4) is 0 Å². The van der Waals surface area contributed by atoms with Crippen LogP contribution in [-0.4, -0.2) is 41.9 Å². The number of rotatable bonds is 3. The van der Waals surface area contributed by atoms with Crippen LogP contribution in [0, 0.1) is 17.0 Å². The monoisotopic (exact) mass is 359 g/mol. The van der Waals surface area contributed by atoms with Crippen LogP contribution in [-0.2, 0) is 0 Å². The lowest BCUT2D eigenvalue weighted by atomic mass is 10.1. The van der Waals surface area contributed by atoms with Crippen LogP contribution < -0.4 is 4.90 Å². The number of carbonyl (C=O) groups is 1. The molecule has 2 aromatic rings. The zero-order chi connectivity index (χ0) is 18.0. The van der Waals surface area contributed by atoms with E-state index in [1.54, 1.807) is 4.90 Å². The van der Waals surface area contributed by atoms with Gasteiger partial charge in [-0.2, -0.15) is 0 Å². The molecule has 2 aromatic carbocycles. The molecular formula is C18H18ClN3O3. The Morgan fingerprint density at radius 2 is 1.84 bits per heavy atom. The highest BCUT2D eigenvalue weighted by molar-refractivity contribution is 6.31. The van der Waals surface area contributed by atoms with E-state index in [2.05, 4.69) is 11.0 Å². The molecular weight excluding hydrogens is 342 g/mol. The largest absolute Gasteiger partial charge is 0.368 e. The topological polar surface area (TPSA) is 66.7 Å². The minimum atomic E-state index is -0.549. The summed E-state index contributed by atoms with van der Waals surface area (Å²) < 4.78 is 0. The number of piperazine rings is 1. The molecule has 0 bridgehead atoms. The normalized spacial score (nSPS) is 14.5. The summed E-state index contributed by atoms with van der Waals surface area (Å²) in [7, 11) is 0. The van der Waals surface area contributed by atoms with E-state index >= 15 is 0 Å². The zero-order valence-electron chi connectivity index (χ0n) is 13.8. The number of hydrogen-bond donors (Lipinski definition) is 0. The first-order valence-corrected chi connectivity index (χ1v) is 8.38. The second-order valence-electron chi connectivity index (χ2n) is 6.04. The number of aryl methyl sites for hydroxylation is 1. The van der Waals surface area contributed by atoms with Crippen LogP contribution in [0.1, 0.15) is 15.9 Å². The molecule has 0 aliphatic carbocycles. The van der Waals surface area contributed by atoms with Crippen LogP contribution in [0.2, 0.25) is 5.02 Å². The van der Waals surface area contributed by atoms with Gasteiger partial charge in [-0.1, -0.05) is 23.7 Å². The van der Waals surface area contributed by atoms with Gasteiger partial charge in [0.2, 0.25) is 0 Å². The van der Waals surface area contributed by atoms with Crippen molar-refractivity contribution in [3.63, 3.8) is 0 Å². The highest BCUT2D eigenvalue weighted by atomic mass is 35.5. The fourth-order valence-electron chi connectivity index (χ4n) is 3.00. The second-order valence-corrected chi connectivity index (χ2v) is 6.47. The molecule has 0 N–H and O–H groups in total. The van der Waals surface area contributed by atoms with Gasteiger partial charge in [-0.05, 0) is 36.8 Å². The summed E-state index contributed by atoms with van der Waals surface area (Å²) >= 11 is 5.92. The van der Waals surface area contributed by atoms with Gasteiger partial charge in [-0.25, -0.2) is 0 Å². The predicted molar refractivity (Wildman–Crippen MR) is 97.4 cm³/mol. The number of carbonyl (C=O) groups excluding carboxylic acids is 1. The molecule has 1 aliphatic rings. The summed E-state index contributed by atoms with van der Waals surface area (Å²) in [5.74, 6) is -0.349. The standard InChI is InChI=1S/C18H18ClN3O3/c1-13-3-2-4-15(11-13)20-7-9-21(10-8-20)18(23)16-12-14(19)5-6-17(16)22(24)25/h2-6,11-12H,7-10H2,1H3. The minimum absolute atomic E-state index is 0.0431. The van der Waals surface area contributed by atoms with Crippen molar-refractivity contribution in [1.82, 2.24) is 4.90 Å². The molecule has 1 heterocycles. The molecule has 1 amide bonds. The average molecular weight is 360 g/mol. The van der Waals surface area contributed by atoms with Crippen molar-refractivity contribution >= 4 is 28.9 Å². The van der Waals surface area contributed by atoms with Crippen molar-refractivity contribution in [1.29, 1.82) is 0 Å². The molecule has 0 spiro atoms. The lowest BCUT2D eigenvalue weighted by Crippen LogP contribution is -2.48. The molecule has 0 aromatic heterocycles. The third-order valence-corrected chi connectivity index (χ3v) is 4.55. The van der Waals surface area contributed by atoms with Crippen molar-refractivity contribution in [2.45, 2.75) is 6.92 Å². The number of nitro benzene ring substituents is 1. The van der Waals surface area contributed by atoms with Gasteiger partial charge in [0.25, 0.3) is 11.6 Å². The zero-order valence-corrected chi connectivity index (χ0v) is 14.6. The lowest BCUT2D eigenvalue weighted by molar-refractivity contribution is -0.385. The van der Waals surface area contributed by atoms with Gasteiger partial charge < -0.3 is 9.80 Å². The Kier molecular flexibility index (Phi) is 4.90. The molecule has 7 heteroatoms. The summed E-state index contributed by atoms with van der Waals surface area (Å²) in [6, 6.07) is 12.3. The van der Waals surface area contributed by atoms with Crippen LogP contribution in [0.15, 0.2) is 42.5 Å². The first kappa shape index (κ1) is 17.2. The molecule has 1 aliphatic heterocycles. The van der Waals surface area contributed by atoms with Crippen molar-refractivity contribution in [2.24, 2.45) is 0 Å². The number of halogens is 1. The number of nitro groups is 1. The van der Waals surface area contributed by atoms with E-state index in [0.29, 0.717) is 31.2 Å². The van der Waals surface area contributed by atoms with Crippen molar-refractivity contribution < 1.29 is 9.72 Å². The maximum atomic E-state index is 12.7. The summed E-state index contributed by atoms with van der Waals surface area (Å²) in [6.45, 7) is 4.43. The van der Waals surface area contributed by atoms with Crippen molar-refractivity contribution in [2.75, 3.05) is 31.1 Å².